The Kier molecular flexibility index (Phi) is 4.13. The van der Waals surface area contributed by atoms with Crippen LogP contribution in [0.3, 0.4) is 0 Å². The minimum atomic E-state index is -0.709. The number of benzene rings is 1. The maximum Gasteiger partial charge on any atom is 0.128 e. The molecule has 1 aliphatic rings. The average molecular weight is 230 g/mol. The van der Waals surface area contributed by atoms with Crippen molar-refractivity contribution >= 4 is 0 Å². The number of hydrogen-bond acceptors (Lipinski definition) is 3. The standard InChI is InChI=1S/C14H18N2O/c15-11-13(16-9-5-2-6-10-16)14(17)12-7-3-1-4-8-12/h1,3-4,7-8,13-14,17H,2,5-6,9-10H2/t13-,14+/m0/s1. The molecule has 2 atom stereocenters. The largest absolute Gasteiger partial charge is 0.386 e. The summed E-state index contributed by atoms with van der Waals surface area (Å²) >= 11 is 0. The van der Waals surface area contributed by atoms with E-state index in [1.807, 2.05) is 30.3 Å². The molecule has 1 aliphatic heterocycles. The number of nitrogens with zero attached hydrogens (tertiary/aromatic N) is 2. The number of likely N-dealkylation sites (tertiary alicyclic amines) is 1. The molecule has 0 saturated carbocycles. The van der Waals surface area contributed by atoms with Crippen molar-refractivity contribution in [2.75, 3.05) is 13.1 Å². The van der Waals surface area contributed by atoms with Gasteiger partial charge in [0.2, 0.25) is 0 Å². The molecule has 2 rings (SSSR count). The minimum Gasteiger partial charge on any atom is -0.386 e. The van der Waals surface area contributed by atoms with Crippen molar-refractivity contribution in [3.8, 4) is 6.07 Å². The molecule has 1 aromatic carbocycles. The van der Waals surface area contributed by atoms with E-state index in [1.165, 1.54) is 6.42 Å². The van der Waals surface area contributed by atoms with Crippen molar-refractivity contribution in [2.24, 2.45) is 0 Å². The van der Waals surface area contributed by atoms with Gasteiger partial charge in [-0.3, -0.25) is 4.90 Å². The second-order valence-corrected chi connectivity index (χ2v) is 4.53. The molecule has 0 spiro atoms. The molecule has 17 heavy (non-hydrogen) atoms. The molecule has 0 amide bonds. The van der Waals surface area contributed by atoms with Crippen molar-refractivity contribution in [1.29, 1.82) is 5.26 Å². The predicted octanol–water partition coefficient (Wildman–Crippen LogP) is 2.10. The zero-order valence-electron chi connectivity index (χ0n) is 9.92. The second kappa shape index (κ2) is 5.81. The van der Waals surface area contributed by atoms with E-state index >= 15 is 0 Å². The van der Waals surface area contributed by atoms with E-state index in [2.05, 4.69) is 11.0 Å². The number of aliphatic hydroxyl groups is 1. The van der Waals surface area contributed by atoms with E-state index in [9.17, 15) is 10.4 Å². The fraction of sp³-hybridized carbons (Fsp3) is 0.500. The van der Waals surface area contributed by atoms with Crippen LogP contribution in [-0.2, 0) is 0 Å². The number of nitriles is 1. The molecule has 0 aliphatic carbocycles. The number of aliphatic hydroxyl groups excluding tert-OH is 1. The van der Waals surface area contributed by atoms with Crippen LogP contribution in [0.2, 0.25) is 0 Å². The summed E-state index contributed by atoms with van der Waals surface area (Å²) in [6.07, 6.45) is 2.77. The third-order valence-electron chi connectivity index (χ3n) is 3.36. The highest BCUT2D eigenvalue weighted by atomic mass is 16.3. The van der Waals surface area contributed by atoms with Gasteiger partial charge in [-0.2, -0.15) is 5.26 Å². The lowest BCUT2D eigenvalue weighted by atomic mass is 9.99. The van der Waals surface area contributed by atoms with Crippen molar-refractivity contribution in [3.63, 3.8) is 0 Å². The minimum absolute atomic E-state index is 0.419. The fourth-order valence-corrected chi connectivity index (χ4v) is 2.38. The van der Waals surface area contributed by atoms with Crippen LogP contribution in [-0.4, -0.2) is 29.1 Å². The SMILES string of the molecule is N#C[C@@H]([C@H](O)c1ccccc1)N1CCCCC1. The second-order valence-electron chi connectivity index (χ2n) is 4.53. The molecular weight excluding hydrogens is 212 g/mol. The quantitative estimate of drug-likeness (QED) is 0.865. The normalized spacial score (nSPS) is 20.5. The Balaban J connectivity index is 2.10. The summed E-state index contributed by atoms with van der Waals surface area (Å²) in [6.45, 7) is 1.84. The first-order chi connectivity index (χ1) is 8.33. The lowest BCUT2D eigenvalue weighted by molar-refractivity contribution is 0.0657. The van der Waals surface area contributed by atoms with Crippen LogP contribution in [0.15, 0.2) is 30.3 Å². The van der Waals surface area contributed by atoms with Gasteiger partial charge in [-0.15, -0.1) is 0 Å². The fourth-order valence-electron chi connectivity index (χ4n) is 2.38. The van der Waals surface area contributed by atoms with Gasteiger partial charge in [0.25, 0.3) is 0 Å². The summed E-state index contributed by atoms with van der Waals surface area (Å²) in [4.78, 5) is 2.10. The molecule has 1 heterocycles. The summed E-state index contributed by atoms with van der Waals surface area (Å²) < 4.78 is 0. The highest BCUT2D eigenvalue weighted by Gasteiger charge is 2.27. The summed E-state index contributed by atoms with van der Waals surface area (Å²) in [7, 11) is 0. The zero-order chi connectivity index (χ0) is 12.1. The monoisotopic (exact) mass is 230 g/mol. The van der Waals surface area contributed by atoms with Crippen molar-refractivity contribution < 1.29 is 5.11 Å². The van der Waals surface area contributed by atoms with Gasteiger partial charge in [-0.05, 0) is 31.5 Å². The van der Waals surface area contributed by atoms with E-state index in [0.29, 0.717) is 0 Å². The highest BCUT2D eigenvalue weighted by Crippen LogP contribution is 2.23. The van der Waals surface area contributed by atoms with Gasteiger partial charge in [-0.25, -0.2) is 0 Å². The van der Waals surface area contributed by atoms with Crippen LogP contribution >= 0.6 is 0 Å². The van der Waals surface area contributed by atoms with Gasteiger partial charge in [0.15, 0.2) is 0 Å². The zero-order valence-corrected chi connectivity index (χ0v) is 9.92. The lowest BCUT2D eigenvalue weighted by Crippen LogP contribution is -2.41. The first-order valence-electron chi connectivity index (χ1n) is 6.19. The van der Waals surface area contributed by atoms with Crippen LogP contribution in [0.1, 0.15) is 30.9 Å². The van der Waals surface area contributed by atoms with Crippen molar-refractivity contribution in [1.82, 2.24) is 4.90 Å². The topological polar surface area (TPSA) is 47.3 Å². The van der Waals surface area contributed by atoms with Crippen molar-refractivity contribution in [2.45, 2.75) is 31.4 Å². The third kappa shape index (κ3) is 2.85. The van der Waals surface area contributed by atoms with Gasteiger partial charge in [0, 0.05) is 0 Å². The van der Waals surface area contributed by atoms with Gasteiger partial charge in [0.1, 0.15) is 12.1 Å². The average Bonchev–Trinajstić information content (AvgIpc) is 2.42. The van der Waals surface area contributed by atoms with Crippen LogP contribution in [0.4, 0.5) is 0 Å². The van der Waals surface area contributed by atoms with Gasteiger partial charge in [0.05, 0.1) is 6.07 Å². The molecule has 0 aromatic heterocycles. The smallest absolute Gasteiger partial charge is 0.128 e. The molecule has 90 valence electrons. The molecule has 1 aromatic rings. The number of piperidine rings is 1. The Morgan fingerprint density at radius 2 is 1.76 bits per heavy atom. The summed E-state index contributed by atoms with van der Waals surface area (Å²) in [5.41, 5.74) is 0.824. The Labute approximate surface area is 102 Å². The number of rotatable bonds is 3. The third-order valence-corrected chi connectivity index (χ3v) is 3.36. The molecule has 0 radical (unpaired) electrons. The summed E-state index contributed by atoms with van der Waals surface area (Å²) in [5.74, 6) is 0. The maximum absolute atomic E-state index is 10.3. The van der Waals surface area contributed by atoms with Gasteiger partial charge < -0.3 is 5.11 Å². The first-order valence-corrected chi connectivity index (χ1v) is 6.19. The molecular formula is C14H18N2O. The number of hydrogen-bond donors (Lipinski definition) is 1. The highest BCUT2D eigenvalue weighted by molar-refractivity contribution is 5.21. The van der Waals surface area contributed by atoms with Gasteiger partial charge in [-0.1, -0.05) is 36.8 Å². The predicted molar refractivity (Wildman–Crippen MR) is 66.2 cm³/mol. The molecule has 0 bridgehead atoms. The molecule has 1 fully saturated rings. The van der Waals surface area contributed by atoms with Crippen molar-refractivity contribution in [3.05, 3.63) is 35.9 Å². The molecule has 3 heteroatoms. The summed E-state index contributed by atoms with van der Waals surface area (Å²) in [6, 6.07) is 11.3. The van der Waals surface area contributed by atoms with E-state index < -0.39 is 12.1 Å². The summed E-state index contributed by atoms with van der Waals surface area (Å²) in [5, 5.41) is 19.5. The Hall–Kier alpha value is -1.37. The van der Waals surface area contributed by atoms with E-state index in [-0.39, 0.29) is 0 Å². The molecule has 1 N–H and O–H groups in total. The Morgan fingerprint density at radius 3 is 2.35 bits per heavy atom. The van der Waals surface area contributed by atoms with E-state index in [0.717, 1.165) is 31.5 Å². The maximum atomic E-state index is 10.3. The Bertz CT molecular complexity index is 379. The van der Waals surface area contributed by atoms with Gasteiger partial charge >= 0.3 is 0 Å². The van der Waals surface area contributed by atoms with Crippen LogP contribution in [0, 0.1) is 11.3 Å². The van der Waals surface area contributed by atoms with Crippen LogP contribution in [0.5, 0.6) is 0 Å². The molecule has 3 nitrogen and oxygen atoms in total. The van der Waals surface area contributed by atoms with Crippen LogP contribution in [0.25, 0.3) is 0 Å². The molecule has 0 unspecified atom stereocenters. The van der Waals surface area contributed by atoms with E-state index in [4.69, 9.17) is 0 Å². The lowest BCUT2D eigenvalue weighted by Gasteiger charge is -2.33. The Morgan fingerprint density at radius 1 is 1.12 bits per heavy atom. The molecule has 1 saturated heterocycles. The first kappa shape index (κ1) is 12.1. The van der Waals surface area contributed by atoms with E-state index in [1.54, 1.807) is 0 Å². The van der Waals surface area contributed by atoms with Crippen LogP contribution < -0.4 is 0 Å².